The van der Waals surface area contributed by atoms with Gasteiger partial charge in [0.1, 0.15) is 5.82 Å². The smallest absolute Gasteiger partial charge is 0.255 e. The summed E-state index contributed by atoms with van der Waals surface area (Å²) in [4.78, 5) is 12.4. The summed E-state index contributed by atoms with van der Waals surface area (Å²) >= 11 is 0. The molecule has 27 heavy (non-hydrogen) atoms. The van der Waals surface area contributed by atoms with E-state index >= 15 is 0 Å². The van der Waals surface area contributed by atoms with Gasteiger partial charge in [-0.2, -0.15) is 0 Å². The number of benzene rings is 2. The first-order valence-electron chi connectivity index (χ1n) is 9.14. The molecule has 0 aliphatic heterocycles. The largest absolute Gasteiger partial charge is 0.319 e. The van der Waals surface area contributed by atoms with E-state index in [0.717, 1.165) is 38.5 Å². The van der Waals surface area contributed by atoms with Crippen molar-refractivity contribution in [3.05, 3.63) is 59.9 Å². The molecule has 2 aromatic rings. The molecular weight excluding hydrogens is 367 g/mol. The summed E-state index contributed by atoms with van der Waals surface area (Å²) in [6.07, 6.45) is 6.05. The van der Waals surface area contributed by atoms with E-state index in [-0.39, 0.29) is 22.2 Å². The summed E-state index contributed by atoms with van der Waals surface area (Å²) in [5, 5.41) is 2.48. The molecular formula is C20H23FN2O3S. The Labute approximate surface area is 159 Å². The molecule has 1 saturated carbocycles. The predicted octanol–water partition coefficient (Wildman–Crippen LogP) is 4.08. The fourth-order valence-electron chi connectivity index (χ4n) is 3.23. The number of para-hydroxylation sites is 1. The van der Waals surface area contributed by atoms with Crippen LogP contribution in [0.25, 0.3) is 0 Å². The molecule has 0 saturated heterocycles. The average molecular weight is 390 g/mol. The number of carbonyl (C=O) groups excluding carboxylic acids is 1. The molecule has 0 atom stereocenters. The van der Waals surface area contributed by atoms with Crippen molar-refractivity contribution in [3.8, 4) is 0 Å². The minimum atomic E-state index is -3.63. The second-order valence-electron chi connectivity index (χ2n) is 6.77. The van der Waals surface area contributed by atoms with E-state index in [1.165, 1.54) is 42.5 Å². The highest BCUT2D eigenvalue weighted by Gasteiger charge is 2.21. The number of hydrogen-bond acceptors (Lipinski definition) is 3. The maximum Gasteiger partial charge on any atom is 0.255 e. The van der Waals surface area contributed by atoms with Crippen LogP contribution < -0.4 is 10.0 Å². The Morgan fingerprint density at radius 2 is 1.56 bits per heavy atom. The predicted molar refractivity (Wildman–Crippen MR) is 103 cm³/mol. The monoisotopic (exact) mass is 390 g/mol. The van der Waals surface area contributed by atoms with E-state index in [1.807, 2.05) is 0 Å². The number of nitrogens with one attached hydrogen (secondary N) is 2. The van der Waals surface area contributed by atoms with Gasteiger partial charge < -0.3 is 5.32 Å². The second-order valence-corrected chi connectivity index (χ2v) is 8.48. The fraction of sp³-hybridized carbons (Fsp3) is 0.350. The summed E-state index contributed by atoms with van der Waals surface area (Å²) < 4.78 is 41.5. The molecule has 5 nitrogen and oxygen atoms in total. The topological polar surface area (TPSA) is 75.3 Å². The van der Waals surface area contributed by atoms with Gasteiger partial charge in [-0.3, -0.25) is 4.79 Å². The lowest BCUT2D eigenvalue weighted by Crippen LogP contribution is -2.34. The number of anilines is 1. The quantitative estimate of drug-likeness (QED) is 0.756. The Balaban J connectivity index is 1.68. The Hall–Kier alpha value is -2.25. The Morgan fingerprint density at radius 3 is 2.19 bits per heavy atom. The second kappa shape index (κ2) is 8.63. The minimum Gasteiger partial charge on any atom is -0.319 e. The average Bonchev–Trinajstić information content (AvgIpc) is 2.92. The van der Waals surface area contributed by atoms with Gasteiger partial charge in [-0.1, -0.05) is 37.8 Å². The normalized spacial score (nSPS) is 15.9. The van der Waals surface area contributed by atoms with Gasteiger partial charge in [0, 0.05) is 11.6 Å². The number of carbonyl (C=O) groups is 1. The van der Waals surface area contributed by atoms with Crippen molar-refractivity contribution in [1.82, 2.24) is 4.72 Å². The molecule has 144 valence electrons. The molecule has 1 fully saturated rings. The molecule has 1 aliphatic rings. The summed E-state index contributed by atoms with van der Waals surface area (Å²) in [6, 6.07) is 11.5. The van der Waals surface area contributed by atoms with Crippen molar-refractivity contribution in [2.24, 2.45) is 0 Å². The zero-order chi connectivity index (χ0) is 19.3. The van der Waals surface area contributed by atoms with Crippen molar-refractivity contribution in [1.29, 1.82) is 0 Å². The lowest BCUT2D eigenvalue weighted by molar-refractivity contribution is 0.102. The number of rotatable bonds is 5. The molecule has 0 heterocycles. The minimum absolute atomic E-state index is 0.0402. The van der Waals surface area contributed by atoms with Gasteiger partial charge in [-0.15, -0.1) is 0 Å². The van der Waals surface area contributed by atoms with Crippen LogP contribution in [0.3, 0.4) is 0 Å². The van der Waals surface area contributed by atoms with E-state index in [1.54, 1.807) is 6.07 Å². The first-order valence-corrected chi connectivity index (χ1v) is 10.6. The fourth-order valence-corrected chi connectivity index (χ4v) is 4.53. The SMILES string of the molecule is O=C(Nc1ccccc1F)c1ccc(S(=O)(=O)NC2CCCCCC2)cc1. The summed E-state index contributed by atoms with van der Waals surface area (Å²) in [5.41, 5.74) is 0.334. The molecule has 3 rings (SSSR count). The molecule has 1 aliphatic carbocycles. The molecule has 0 unspecified atom stereocenters. The highest BCUT2D eigenvalue weighted by Crippen LogP contribution is 2.20. The first-order chi connectivity index (χ1) is 13.0. The van der Waals surface area contributed by atoms with Crippen LogP contribution in [0.2, 0.25) is 0 Å². The molecule has 0 aromatic heterocycles. The molecule has 2 aromatic carbocycles. The standard InChI is InChI=1S/C20H23FN2O3S/c21-18-9-5-6-10-19(18)22-20(24)15-11-13-17(14-12-15)27(25,26)23-16-7-3-1-2-4-8-16/h5-6,9-14,16,23H,1-4,7-8H2,(H,22,24). The summed E-state index contributed by atoms with van der Waals surface area (Å²) in [5.74, 6) is -1.03. The van der Waals surface area contributed by atoms with Crippen LogP contribution in [0, 0.1) is 5.82 Å². The van der Waals surface area contributed by atoms with E-state index in [2.05, 4.69) is 10.0 Å². The van der Waals surface area contributed by atoms with Crippen molar-refractivity contribution in [2.75, 3.05) is 5.32 Å². The molecule has 0 radical (unpaired) electrons. The van der Waals surface area contributed by atoms with Crippen LogP contribution in [0.15, 0.2) is 53.4 Å². The van der Waals surface area contributed by atoms with Crippen molar-refractivity contribution >= 4 is 21.6 Å². The van der Waals surface area contributed by atoms with Crippen molar-refractivity contribution in [2.45, 2.75) is 49.5 Å². The van der Waals surface area contributed by atoms with Gasteiger partial charge in [-0.25, -0.2) is 17.5 Å². The van der Waals surface area contributed by atoms with E-state index < -0.39 is 21.7 Å². The summed E-state index contributed by atoms with van der Waals surface area (Å²) in [7, 11) is -3.63. The lowest BCUT2D eigenvalue weighted by Gasteiger charge is -2.16. The highest BCUT2D eigenvalue weighted by atomic mass is 32.2. The van der Waals surface area contributed by atoms with Gasteiger partial charge in [0.15, 0.2) is 0 Å². The van der Waals surface area contributed by atoms with Crippen LogP contribution in [0.1, 0.15) is 48.9 Å². The first kappa shape index (κ1) is 19.5. The third-order valence-electron chi connectivity index (χ3n) is 4.73. The van der Waals surface area contributed by atoms with Crippen LogP contribution in [0.4, 0.5) is 10.1 Å². The van der Waals surface area contributed by atoms with E-state index in [0.29, 0.717) is 0 Å². The zero-order valence-electron chi connectivity index (χ0n) is 14.9. The van der Waals surface area contributed by atoms with E-state index in [4.69, 9.17) is 0 Å². The van der Waals surface area contributed by atoms with Crippen LogP contribution >= 0.6 is 0 Å². The Kier molecular flexibility index (Phi) is 6.23. The number of halogens is 1. The highest BCUT2D eigenvalue weighted by molar-refractivity contribution is 7.89. The van der Waals surface area contributed by atoms with Gasteiger partial charge in [0.05, 0.1) is 10.6 Å². The van der Waals surface area contributed by atoms with Crippen LogP contribution in [-0.2, 0) is 10.0 Å². The van der Waals surface area contributed by atoms with Crippen LogP contribution in [-0.4, -0.2) is 20.4 Å². The van der Waals surface area contributed by atoms with Gasteiger partial charge in [0.2, 0.25) is 10.0 Å². The Morgan fingerprint density at radius 1 is 0.926 bits per heavy atom. The molecule has 1 amide bonds. The zero-order valence-corrected chi connectivity index (χ0v) is 15.8. The number of sulfonamides is 1. The maximum atomic E-state index is 13.6. The third kappa shape index (κ3) is 5.14. The van der Waals surface area contributed by atoms with Crippen molar-refractivity contribution in [3.63, 3.8) is 0 Å². The van der Waals surface area contributed by atoms with Gasteiger partial charge in [-0.05, 0) is 49.2 Å². The van der Waals surface area contributed by atoms with Crippen LogP contribution in [0.5, 0.6) is 0 Å². The summed E-state index contributed by atoms with van der Waals surface area (Å²) in [6.45, 7) is 0. The molecule has 7 heteroatoms. The van der Waals surface area contributed by atoms with E-state index in [9.17, 15) is 17.6 Å². The number of hydrogen-bond donors (Lipinski definition) is 2. The maximum absolute atomic E-state index is 13.6. The van der Waals surface area contributed by atoms with Gasteiger partial charge in [0.25, 0.3) is 5.91 Å². The Bertz CT molecular complexity index is 890. The molecule has 0 bridgehead atoms. The molecule has 0 spiro atoms. The third-order valence-corrected chi connectivity index (χ3v) is 6.26. The van der Waals surface area contributed by atoms with Gasteiger partial charge >= 0.3 is 0 Å². The number of amides is 1. The molecule has 2 N–H and O–H groups in total. The lowest BCUT2D eigenvalue weighted by atomic mass is 10.1. The van der Waals surface area contributed by atoms with Crippen molar-refractivity contribution < 1.29 is 17.6 Å².